The maximum absolute atomic E-state index is 12.2. The third kappa shape index (κ3) is 3.24. The SMILES string of the molecule is COc1ccc(Cl)cc1C(=O)OCc1nn2c(=O)cc(C)nc2s1. The highest BCUT2D eigenvalue weighted by molar-refractivity contribution is 7.16. The van der Waals surface area contributed by atoms with Gasteiger partial charge in [0.1, 0.15) is 17.9 Å². The molecule has 2 aromatic heterocycles. The molecule has 0 aliphatic carbocycles. The van der Waals surface area contributed by atoms with E-state index >= 15 is 0 Å². The zero-order valence-corrected chi connectivity index (χ0v) is 14.3. The maximum atomic E-state index is 12.2. The summed E-state index contributed by atoms with van der Waals surface area (Å²) in [6.07, 6.45) is 0. The van der Waals surface area contributed by atoms with E-state index in [0.717, 1.165) is 0 Å². The summed E-state index contributed by atoms with van der Waals surface area (Å²) in [4.78, 5) is 28.7. The van der Waals surface area contributed by atoms with Crippen LogP contribution in [-0.4, -0.2) is 27.7 Å². The van der Waals surface area contributed by atoms with Crippen molar-refractivity contribution in [3.63, 3.8) is 0 Å². The number of hydrogen-bond donors (Lipinski definition) is 0. The van der Waals surface area contributed by atoms with Gasteiger partial charge in [-0.05, 0) is 25.1 Å². The molecule has 3 aromatic rings. The number of nitrogens with zero attached hydrogens (tertiary/aromatic N) is 3. The Bertz CT molecular complexity index is 982. The van der Waals surface area contributed by atoms with Crippen molar-refractivity contribution in [1.29, 1.82) is 0 Å². The number of hydrogen-bond acceptors (Lipinski definition) is 7. The number of aryl methyl sites for hydroxylation is 1. The van der Waals surface area contributed by atoms with E-state index in [1.54, 1.807) is 19.1 Å². The highest BCUT2D eigenvalue weighted by Crippen LogP contribution is 2.24. The van der Waals surface area contributed by atoms with Crippen molar-refractivity contribution in [1.82, 2.24) is 14.6 Å². The van der Waals surface area contributed by atoms with Crippen LogP contribution in [0.25, 0.3) is 4.96 Å². The van der Waals surface area contributed by atoms with Gasteiger partial charge >= 0.3 is 5.97 Å². The quantitative estimate of drug-likeness (QED) is 0.660. The molecule has 3 rings (SSSR count). The van der Waals surface area contributed by atoms with Crippen LogP contribution >= 0.6 is 22.9 Å². The van der Waals surface area contributed by atoms with Gasteiger partial charge in [0, 0.05) is 16.8 Å². The molecule has 0 radical (unpaired) electrons. The standard InChI is InChI=1S/C15H12ClN3O4S/c1-8-5-13(20)19-15(17-8)24-12(18-19)7-23-14(21)10-6-9(16)3-4-11(10)22-2/h3-6H,7H2,1-2H3. The summed E-state index contributed by atoms with van der Waals surface area (Å²) in [6.45, 7) is 1.65. The van der Waals surface area contributed by atoms with Crippen LogP contribution in [0.4, 0.5) is 0 Å². The van der Waals surface area contributed by atoms with E-state index in [0.29, 0.717) is 26.4 Å². The maximum Gasteiger partial charge on any atom is 0.342 e. The van der Waals surface area contributed by atoms with Crippen LogP contribution in [0.1, 0.15) is 21.1 Å². The molecule has 24 heavy (non-hydrogen) atoms. The molecule has 2 heterocycles. The topological polar surface area (TPSA) is 82.8 Å². The molecule has 7 nitrogen and oxygen atoms in total. The fourth-order valence-corrected chi connectivity index (χ4v) is 3.09. The normalized spacial score (nSPS) is 10.8. The number of carbonyl (C=O) groups excluding carboxylic acids is 1. The van der Waals surface area contributed by atoms with Crippen molar-refractivity contribution in [3.05, 3.63) is 55.9 Å². The second kappa shape index (κ2) is 6.58. The second-order valence-corrected chi connectivity index (χ2v) is 6.32. The Kier molecular flexibility index (Phi) is 4.50. The average Bonchev–Trinajstić information content (AvgIpc) is 2.95. The minimum Gasteiger partial charge on any atom is -0.496 e. The Hall–Kier alpha value is -2.45. The van der Waals surface area contributed by atoms with E-state index in [2.05, 4.69) is 10.1 Å². The fraction of sp³-hybridized carbons (Fsp3) is 0.200. The van der Waals surface area contributed by atoms with Gasteiger partial charge in [0.25, 0.3) is 5.56 Å². The van der Waals surface area contributed by atoms with E-state index in [4.69, 9.17) is 21.1 Å². The molecule has 0 atom stereocenters. The van der Waals surface area contributed by atoms with E-state index < -0.39 is 5.97 Å². The summed E-state index contributed by atoms with van der Waals surface area (Å²) in [5.74, 6) is -0.229. The van der Waals surface area contributed by atoms with Gasteiger partial charge in [0.2, 0.25) is 4.96 Å². The second-order valence-electron chi connectivity index (χ2n) is 4.85. The van der Waals surface area contributed by atoms with Crippen LogP contribution in [0, 0.1) is 6.92 Å². The van der Waals surface area contributed by atoms with Gasteiger partial charge in [-0.1, -0.05) is 22.9 Å². The highest BCUT2D eigenvalue weighted by Gasteiger charge is 2.16. The number of methoxy groups -OCH3 is 1. The number of rotatable bonds is 4. The van der Waals surface area contributed by atoms with Gasteiger partial charge in [-0.2, -0.15) is 9.61 Å². The van der Waals surface area contributed by atoms with Crippen LogP contribution in [0.15, 0.2) is 29.1 Å². The van der Waals surface area contributed by atoms with Crippen molar-refractivity contribution in [3.8, 4) is 5.75 Å². The largest absolute Gasteiger partial charge is 0.496 e. The van der Waals surface area contributed by atoms with Crippen LogP contribution in [0.5, 0.6) is 5.75 Å². The smallest absolute Gasteiger partial charge is 0.342 e. The molecule has 0 saturated heterocycles. The molecule has 0 amide bonds. The minimum absolute atomic E-state index is 0.0823. The molecule has 0 fully saturated rings. The highest BCUT2D eigenvalue weighted by atomic mass is 35.5. The minimum atomic E-state index is -0.593. The number of fused-ring (bicyclic) bond motifs is 1. The van der Waals surface area contributed by atoms with Crippen molar-refractivity contribution >= 4 is 33.9 Å². The van der Waals surface area contributed by atoms with Crippen LogP contribution in [-0.2, 0) is 11.3 Å². The van der Waals surface area contributed by atoms with Crippen LogP contribution < -0.4 is 10.3 Å². The first kappa shape index (κ1) is 16.4. The van der Waals surface area contributed by atoms with Gasteiger partial charge in [-0.3, -0.25) is 4.79 Å². The van der Waals surface area contributed by atoms with Crippen LogP contribution in [0.3, 0.4) is 0 Å². The predicted octanol–water partition coefficient (Wildman–Crippen LogP) is 2.48. The fourth-order valence-electron chi connectivity index (χ4n) is 2.06. The molecule has 0 N–H and O–H groups in total. The van der Waals surface area contributed by atoms with Crippen LogP contribution in [0.2, 0.25) is 5.02 Å². The van der Waals surface area contributed by atoms with Gasteiger partial charge < -0.3 is 9.47 Å². The number of carbonyl (C=O) groups is 1. The monoisotopic (exact) mass is 365 g/mol. The zero-order valence-electron chi connectivity index (χ0n) is 12.8. The lowest BCUT2D eigenvalue weighted by atomic mass is 10.2. The third-order valence-corrected chi connectivity index (χ3v) is 4.24. The van der Waals surface area contributed by atoms with Gasteiger partial charge in [-0.25, -0.2) is 9.78 Å². The first-order valence-electron chi connectivity index (χ1n) is 6.85. The number of ether oxygens (including phenoxy) is 2. The Morgan fingerprint density at radius 2 is 2.17 bits per heavy atom. The lowest BCUT2D eigenvalue weighted by molar-refractivity contribution is 0.0468. The summed E-state index contributed by atoms with van der Waals surface area (Å²) in [6, 6.07) is 6.06. The van der Waals surface area contributed by atoms with Gasteiger partial charge in [-0.15, -0.1) is 0 Å². The van der Waals surface area contributed by atoms with E-state index in [-0.39, 0.29) is 17.7 Å². The lowest BCUT2D eigenvalue weighted by Gasteiger charge is -2.08. The number of benzene rings is 1. The van der Waals surface area contributed by atoms with E-state index in [9.17, 15) is 9.59 Å². The van der Waals surface area contributed by atoms with Crippen molar-refractivity contribution in [2.45, 2.75) is 13.5 Å². The third-order valence-electron chi connectivity index (χ3n) is 3.12. The Morgan fingerprint density at radius 1 is 1.38 bits per heavy atom. The number of halogens is 1. The summed E-state index contributed by atoms with van der Waals surface area (Å²) in [5, 5.41) is 4.96. The first-order chi connectivity index (χ1) is 11.5. The molecule has 0 spiro atoms. The Balaban J connectivity index is 1.81. The molecule has 0 unspecified atom stereocenters. The molecule has 0 aliphatic rings. The molecular weight excluding hydrogens is 354 g/mol. The zero-order chi connectivity index (χ0) is 17.3. The lowest BCUT2D eigenvalue weighted by Crippen LogP contribution is -2.14. The Labute approximate surface area is 145 Å². The summed E-state index contributed by atoms with van der Waals surface area (Å²) in [7, 11) is 1.45. The first-order valence-corrected chi connectivity index (χ1v) is 8.04. The average molecular weight is 366 g/mol. The molecule has 0 saturated carbocycles. The molecule has 0 aliphatic heterocycles. The summed E-state index contributed by atoms with van der Waals surface area (Å²) in [5.41, 5.74) is 0.552. The Morgan fingerprint density at radius 3 is 2.92 bits per heavy atom. The summed E-state index contributed by atoms with van der Waals surface area (Å²) >= 11 is 7.08. The van der Waals surface area contributed by atoms with E-state index in [1.165, 1.54) is 35.1 Å². The van der Waals surface area contributed by atoms with Crippen molar-refractivity contribution in [2.24, 2.45) is 0 Å². The van der Waals surface area contributed by atoms with E-state index in [1.807, 2.05) is 0 Å². The molecular formula is C15H12ClN3O4S. The summed E-state index contributed by atoms with van der Waals surface area (Å²) < 4.78 is 11.5. The van der Waals surface area contributed by atoms with Crippen molar-refractivity contribution in [2.75, 3.05) is 7.11 Å². The molecule has 0 bridgehead atoms. The number of aromatic nitrogens is 3. The molecule has 1 aromatic carbocycles. The van der Waals surface area contributed by atoms with Gasteiger partial charge in [0.05, 0.1) is 7.11 Å². The predicted molar refractivity (Wildman–Crippen MR) is 89.0 cm³/mol. The van der Waals surface area contributed by atoms with Crippen molar-refractivity contribution < 1.29 is 14.3 Å². The molecule has 9 heteroatoms. The molecule has 124 valence electrons. The number of esters is 1. The van der Waals surface area contributed by atoms with Gasteiger partial charge in [0.15, 0.2) is 5.01 Å².